The van der Waals surface area contributed by atoms with Crippen molar-refractivity contribution < 1.29 is 46.5 Å². The van der Waals surface area contributed by atoms with Crippen LogP contribution in [0.15, 0.2) is 41.4 Å². The van der Waals surface area contributed by atoms with Gasteiger partial charge in [0, 0.05) is 25.3 Å². The SMILES string of the molecule is Cc1cc(C)c(S(=O)(=O)N[C@@H](CN(C(=O)COC2CNC(CN(C(=O)OC(C)(C)C)c3ccccn3)C2)C(=O)OC(C)(C)C)C(=O)OC(C)(C)C)c(C)c1. The molecule has 2 heterocycles. The van der Waals surface area contributed by atoms with Crippen molar-refractivity contribution in [2.24, 2.45) is 0 Å². The normalized spacial score (nSPS) is 17.0. The van der Waals surface area contributed by atoms with Crippen molar-refractivity contribution >= 4 is 39.9 Å². The quantitative estimate of drug-likeness (QED) is 0.219. The van der Waals surface area contributed by atoms with Crippen molar-refractivity contribution in [1.82, 2.24) is 19.9 Å². The number of benzene rings is 1. The van der Waals surface area contributed by atoms with Gasteiger partial charge in [-0.15, -0.1) is 0 Å². The van der Waals surface area contributed by atoms with Gasteiger partial charge in [-0.25, -0.2) is 27.9 Å². The fourth-order valence-corrected chi connectivity index (χ4v) is 7.40. The topological polar surface area (TPSA) is 183 Å². The Balaban J connectivity index is 1.83. The number of amides is 3. The van der Waals surface area contributed by atoms with E-state index in [1.54, 1.807) is 113 Å². The Kier molecular flexibility index (Phi) is 14.4. The number of nitrogens with zero attached hydrogens (tertiary/aromatic N) is 3. The Bertz CT molecular complexity index is 1740. The highest BCUT2D eigenvalue weighted by Gasteiger charge is 2.38. The van der Waals surface area contributed by atoms with E-state index in [2.05, 4.69) is 15.0 Å². The zero-order valence-corrected chi connectivity index (χ0v) is 34.4. The van der Waals surface area contributed by atoms with Crippen LogP contribution in [0.1, 0.15) is 85.4 Å². The number of sulfonamides is 1. The summed E-state index contributed by atoms with van der Waals surface area (Å²) in [6.45, 7) is 19.3. The molecular weight excluding hydrogens is 719 g/mol. The molecule has 16 heteroatoms. The molecule has 1 fully saturated rings. The number of esters is 1. The van der Waals surface area contributed by atoms with Crippen LogP contribution in [-0.2, 0) is 38.6 Å². The number of anilines is 1. The number of aryl methyl sites for hydroxylation is 3. The lowest BCUT2D eigenvalue weighted by molar-refractivity contribution is -0.157. The predicted octanol–water partition coefficient (Wildman–Crippen LogP) is 4.95. The fraction of sp³-hybridized carbons (Fsp3) is 0.605. The van der Waals surface area contributed by atoms with Crippen LogP contribution < -0.4 is 14.9 Å². The monoisotopic (exact) mass is 775 g/mol. The molecule has 1 saturated heterocycles. The lowest BCUT2D eigenvalue weighted by atomic mass is 10.1. The number of carbonyl (C=O) groups excluding carboxylic acids is 4. The standard InChI is InChI=1S/C38H57N5O10S/c1-24-17-25(2)32(26(3)18-24)54(48,49)41-29(33(45)51-36(4,5)6)22-43(35(47)53-38(10,11)12)31(44)23-50-28-19-27(40-20-28)21-42(30-15-13-14-16-39-30)34(46)52-37(7,8)9/h13-18,27-29,40-41H,19-23H2,1-12H3/t27?,28?,29-/m0/s1. The Morgan fingerprint density at radius 2 is 1.46 bits per heavy atom. The van der Waals surface area contributed by atoms with Crippen molar-refractivity contribution in [2.45, 2.75) is 129 Å². The van der Waals surface area contributed by atoms with Gasteiger partial charge in [0.25, 0.3) is 5.91 Å². The third-order valence-corrected chi connectivity index (χ3v) is 9.49. The summed E-state index contributed by atoms with van der Waals surface area (Å²) >= 11 is 0. The van der Waals surface area contributed by atoms with Gasteiger partial charge in [0.2, 0.25) is 10.0 Å². The fourth-order valence-electron chi connectivity index (χ4n) is 5.78. The average molecular weight is 776 g/mol. The number of pyridine rings is 1. The summed E-state index contributed by atoms with van der Waals surface area (Å²) < 4.78 is 52.7. The molecule has 15 nitrogen and oxygen atoms in total. The van der Waals surface area contributed by atoms with Gasteiger partial charge in [0.05, 0.1) is 17.5 Å². The molecule has 0 spiro atoms. The number of hydrogen-bond donors (Lipinski definition) is 2. The summed E-state index contributed by atoms with van der Waals surface area (Å²) in [5.41, 5.74) is -1.04. The van der Waals surface area contributed by atoms with Crippen molar-refractivity contribution in [3.05, 3.63) is 53.2 Å². The molecule has 54 heavy (non-hydrogen) atoms. The first-order valence-corrected chi connectivity index (χ1v) is 19.4. The first-order valence-electron chi connectivity index (χ1n) is 17.9. The molecule has 3 amide bonds. The summed E-state index contributed by atoms with van der Waals surface area (Å²) in [5, 5.41) is 3.30. The molecule has 3 atom stereocenters. The van der Waals surface area contributed by atoms with Crippen molar-refractivity contribution in [1.29, 1.82) is 0 Å². The third-order valence-electron chi connectivity index (χ3n) is 7.71. The molecule has 1 aromatic heterocycles. The molecule has 2 aromatic rings. The number of imide groups is 1. The van der Waals surface area contributed by atoms with E-state index < -0.39 is 76.2 Å². The Morgan fingerprint density at radius 1 is 0.889 bits per heavy atom. The third kappa shape index (κ3) is 13.6. The number of aromatic nitrogens is 1. The zero-order chi connectivity index (χ0) is 40.8. The van der Waals surface area contributed by atoms with Crippen LogP contribution in [0.4, 0.5) is 15.4 Å². The lowest BCUT2D eigenvalue weighted by Crippen LogP contribution is -2.54. The van der Waals surface area contributed by atoms with Crippen LogP contribution in [0, 0.1) is 20.8 Å². The molecular formula is C38H57N5O10S. The van der Waals surface area contributed by atoms with E-state index in [1.807, 2.05) is 6.92 Å². The predicted molar refractivity (Wildman–Crippen MR) is 203 cm³/mol. The second kappa shape index (κ2) is 17.6. The highest BCUT2D eigenvalue weighted by molar-refractivity contribution is 7.89. The lowest BCUT2D eigenvalue weighted by Gasteiger charge is -2.30. The highest BCUT2D eigenvalue weighted by atomic mass is 32.2. The number of hydrogen-bond acceptors (Lipinski definition) is 12. The van der Waals surface area contributed by atoms with E-state index >= 15 is 0 Å². The van der Waals surface area contributed by atoms with Gasteiger partial charge < -0.3 is 24.3 Å². The summed E-state index contributed by atoms with van der Waals surface area (Å²) in [6, 6.07) is 6.64. The van der Waals surface area contributed by atoms with Crippen LogP contribution in [0.25, 0.3) is 0 Å². The van der Waals surface area contributed by atoms with Crippen molar-refractivity contribution in [3.8, 4) is 0 Å². The van der Waals surface area contributed by atoms with E-state index in [9.17, 15) is 27.6 Å². The van der Waals surface area contributed by atoms with Crippen LogP contribution in [0.2, 0.25) is 0 Å². The molecule has 1 aliphatic heterocycles. The van der Waals surface area contributed by atoms with Crippen LogP contribution in [-0.4, -0.2) is 104 Å². The zero-order valence-electron chi connectivity index (χ0n) is 33.6. The second-order valence-electron chi connectivity index (χ2n) is 16.5. The van der Waals surface area contributed by atoms with E-state index in [4.69, 9.17) is 18.9 Å². The maximum absolute atomic E-state index is 13.8. The van der Waals surface area contributed by atoms with Crippen LogP contribution in [0.3, 0.4) is 0 Å². The van der Waals surface area contributed by atoms with Gasteiger partial charge in [-0.05, 0) is 113 Å². The molecule has 300 valence electrons. The largest absolute Gasteiger partial charge is 0.459 e. The summed E-state index contributed by atoms with van der Waals surface area (Å²) in [7, 11) is -4.37. The number of nitrogens with one attached hydrogen (secondary N) is 2. The number of carbonyl (C=O) groups is 4. The molecule has 0 saturated carbocycles. The van der Waals surface area contributed by atoms with Crippen molar-refractivity contribution in [2.75, 3.05) is 31.1 Å². The second-order valence-corrected chi connectivity index (χ2v) is 18.1. The minimum Gasteiger partial charge on any atom is -0.459 e. The van der Waals surface area contributed by atoms with E-state index in [0.717, 1.165) is 5.56 Å². The van der Waals surface area contributed by atoms with Gasteiger partial charge in [-0.2, -0.15) is 4.72 Å². The van der Waals surface area contributed by atoms with Gasteiger partial charge in [0.1, 0.15) is 35.3 Å². The van der Waals surface area contributed by atoms with E-state index in [0.29, 0.717) is 34.8 Å². The highest BCUT2D eigenvalue weighted by Crippen LogP contribution is 2.24. The molecule has 0 bridgehead atoms. The number of ether oxygens (including phenoxy) is 4. The minimum absolute atomic E-state index is 0.0308. The van der Waals surface area contributed by atoms with Crippen molar-refractivity contribution in [3.63, 3.8) is 0 Å². The van der Waals surface area contributed by atoms with Gasteiger partial charge >= 0.3 is 18.2 Å². The Labute approximate surface area is 319 Å². The first-order chi connectivity index (χ1) is 24.7. The molecule has 0 aliphatic carbocycles. The molecule has 0 radical (unpaired) electrons. The Hall–Kier alpha value is -4.12. The molecule has 2 unspecified atom stereocenters. The smallest absolute Gasteiger partial charge is 0.417 e. The minimum atomic E-state index is -4.37. The van der Waals surface area contributed by atoms with Gasteiger partial charge in [-0.1, -0.05) is 23.8 Å². The molecule has 1 aromatic carbocycles. The average Bonchev–Trinajstić information content (AvgIpc) is 3.45. The van der Waals surface area contributed by atoms with Crippen LogP contribution >= 0.6 is 0 Å². The molecule has 3 rings (SSSR count). The maximum Gasteiger partial charge on any atom is 0.417 e. The number of rotatable bonds is 12. The summed E-state index contributed by atoms with van der Waals surface area (Å²) in [4.78, 5) is 60.4. The summed E-state index contributed by atoms with van der Waals surface area (Å²) in [5.74, 6) is -1.46. The van der Waals surface area contributed by atoms with Gasteiger partial charge in [-0.3, -0.25) is 14.5 Å². The Morgan fingerprint density at radius 3 is 2.00 bits per heavy atom. The van der Waals surface area contributed by atoms with E-state index in [1.165, 1.54) is 4.90 Å². The van der Waals surface area contributed by atoms with Gasteiger partial charge in [0.15, 0.2) is 0 Å². The summed E-state index contributed by atoms with van der Waals surface area (Å²) in [6.07, 6.45) is -0.209. The molecule has 2 N–H and O–H groups in total. The van der Waals surface area contributed by atoms with Crippen LogP contribution in [0.5, 0.6) is 0 Å². The molecule has 1 aliphatic rings. The maximum atomic E-state index is 13.8. The first kappa shape index (κ1) is 44.3. The van der Waals surface area contributed by atoms with E-state index in [-0.39, 0.29) is 17.5 Å².